The molecule has 1 amide bonds. The van der Waals surface area contributed by atoms with Gasteiger partial charge in [0.15, 0.2) is 5.82 Å². The lowest BCUT2D eigenvalue weighted by Crippen LogP contribution is -2.14. The Bertz CT molecular complexity index is 1020. The molecule has 0 aliphatic carbocycles. The SMILES string of the molecule is Cc1cc(NC(=O)c2nc(-c3ccccc3)n(-c3ccccc3)n2)ccn1. The van der Waals surface area contributed by atoms with Crippen molar-refractivity contribution in [3.8, 4) is 17.1 Å². The number of aryl methyl sites for hydroxylation is 1. The minimum atomic E-state index is -0.368. The van der Waals surface area contributed by atoms with Gasteiger partial charge in [0.1, 0.15) is 0 Å². The summed E-state index contributed by atoms with van der Waals surface area (Å²) < 4.78 is 1.68. The van der Waals surface area contributed by atoms with Crippen molar-refractivity contribution in [2.24, 2.45) is 0 Å². The highest BCUT2D eigenvalue weighted by atomic mass is 16.2. The average Bonchev–Trinajstić information content (AvgIpc) is 3.15. The first kappa shape index (κ1) is 16.7. The monoisotopic (exact) mass is 355 g/mol. The molecule has 0 spiro atoms. The molecular formula is C21H17N5O. The average molecular weight is 355 g/mol. The van der Waals surface area contributed by atoms with Crippen LogP contribution >= 0.6 is 0 Å². The summed E-state index contributed by atoms with van der Waals surface area (Å²) in [6, 6.07) is 22.8. The first-order valence-corrected chi connectivity index (χ1v) is 8.52. The smallest absolute Gasteiger partial charge is 0.295 e. The van der Waals surface area contributed by atoms with E-state index in [1.165, 1.54) is 0 Å². The lowest BCUT2D eigenvalue weighted by Gasteiger charge is -2.05. The quantitative estimate of drug-likeness (QED) is 0.603. The maximum absolute atomic E-state index is 12.7. The van der Waals surface area contributed by atoms with Crippen molar-refractivity contribution in [2.75, 3.05) is 5.32 Å². The van der Waals surface area contributed by atoms with Crippen LogP contribution in [0.25, 0.3) is 17.1 Å². The Hall–Kier alpha value is -3.80. The van der Waals surface area contributed by atoms with E-state index in [0.29, 0.717) is 11.5 Å². The second-order valence-electron chi connectivity index (χ2n) is 6.01. The third kappa shape index (κ3) is 3.59. The highest BCUT2D eigenvalue weighted by molar-refractivity contribution is 6.01. The molecule has 2 heterocycles. The van der Waals surface area contributed by atoms with Crippen LogP contribution in [-0.4, -0.2) is 25.7 Å². The molecule has 6 nitrogen and oxygen atoms in total. The molecule has 0 fully saturated rings. The number of para-hydroxylation sites is 1. The number of amides is 1. The number of nitrogens with one attached hydrogen (secondary N) is 1. The molecule has 4 rings (SSSR count). The largest absolute Gasteiger partial charge is 0.319 e. The van der Waals surface area contributed by atoms with Crippen molar-refractivity contribution in [3.05, 3.63) is 90.5 Å². The van der Waals surface area contributed by atoms with Gasteiger partial charge < -0.3 is 5.32 Å². The second-order valence-corrected chi connectivity index (χ2v) is 6.01. The van der Waals surface area contributed by atoms with Gasteiger partial charge in [0, 0.05) is 23.1 Å². The van der Waals surface area contributed by atoms with Crippen LogP contribution in [0.2, 0.25) is 0 Å². The molecule has 0 saturated carbocycles. The van der Waals surface area contributed by atoms with Crippen molar-refractivity contribution in [1.29, 1.82) is 0 Å². The van der Waals surface area contributed by atoms with E-state index in [2.05, 4.69) is 20.4 Å². The summed E-state index contributed by atoms with van der Waals surface area (Å²) >= 11 is 0. The molecule has 0 saturated heterocycles. The lowest BCUT2D eigenvalue weighted by atomic mass is 10.2. The fraction of sp³-hybridized carbons (Fsp3) is 0.0476. The maximum atomic E-state index is 12.7. The van der Waals surface area contributed by atoms with Crippen LogP contribution in [0.3, 0.4) is 0 Å². The van der Waals surface area contributed by atoms with Gasteiger partial charge in [-0.25, -0.2) is 9.67 Å². The Balaban J connectivity index is 1.74. The Kier molecular flexibility index (Phi) is 4.45. The van der Waals surface area contributed by atoms with Crippen LogP contribution in [0.1, 0.15) is 16.3 Å². The van der Waals surface area contributed by atoms with Gasteiger partial charge in [0.25, 0.3) is 5.91 Å². The molecule has 132 valence electrons. The molecular weight excluding hydrogens is 338 g/mol. The minimum absolute atomic E-state index is 0.104. The summed E-state index contributed by atoms with van der Waals surface area (Å²) in [6.07, 6.45) is 1.65. The molecule has 27 heavy (non-hydrogen) atoms. The summed E-state index contributed by atoms with van der Waals surface area (Å²) in [6.45, 7) is 1.87. The van der Waals surface area contributed by atoms with Crippen LogP contribution in [-0.2, 0) is 0 Å². The fourth-order valence-electron chi connectivity index (χ4n) is 2.74. The third-order valence-electron chi connectivity index (χ3n) is 4.00. The molecule has 1 N–H and O–H groups in total. The highest BCUT2D eigenvalue weighted by Gasteiger charge is 2.18. The maximum Gasteiger partial charge on any atom is 0.295 e. The topological polar surface area (TPSA) is 72.7 Å². The predicted octanol–water partition coefficient (Wildman–Crippen LogP) is 3.89. The zero-order chi connectivity index (χ0) is 18.6. The summed E-state index contributed by atoms with van der Waals surface area (Å²) in [5, 5.41) is 7.28. The molecule has 6 heteroatoms. The number of hydrogen-bond acceptors (Lipinski definition) is 4. The molecule has 0 aliphatic heterocycles. The number of rotatable bonds is 4. The van der Waals surface area contributed by atoms with E-state index in [4.69, 9.17) is 0 Å². The summed E-state index contributed by atoms with van der Waals surface area (Å²) in [5.41, 5.74) is 3.20. The van der Waals surface area contributed by atoms with Crippen LogP contribution in [0.15, 0.2) is 79.0 Å². The van der Waals surface area contributed by atoms with Crippen LogP contribution in [0.5, 0.6) is 0 Å². The molecule has 2 aromatic heterocycles. The van der Waals surface area contributed by atoms with E-state index in [-0.39, 0.29) is 11.7 Å². The molecule has 0 aliphatic rings. The van der Waals surface area contributed by atoms with Gasteiger partial charge >= 0.3 is 0 Å². The zero-order valence-electron chi connectivity index (χ0n) is 14.7. The Morgan fingerprint density at radius 1 is 0.963 bits per heavy atom. The van der Waals surface area contributed by atoms with Gasteiger partial charge in [-0.1, -0.05) is 48.5 Å². The van der Waals surface area contributed by atoms with E-state index in [1.807, 2.05) is 67.6 Å². The number of hydrogen-bond donors (Lipinski definition) is 1. The number of carbonyl (C=O) groups excluding carboxylic acids is 1. The molecule has 0 bridgehead atoms. The van der Waals surface area contributed by atoms with E-state index in [0.717, 1.165) is 16.9 Å². The second kappa shape index (κ2) is 7.21. The van der Waals surface area contributed by atoms with Gasteiger partial charge in [-0.2, -0.15) is 0 Å². The number of benzene rings is 2. The molecule has 0 radical (unpaired) electrons. The van der Waals surface area contributed by atoms with Gasteiger partial charge in [0.05, 0.1) is 5.69 Å². The molecule has 4 aromatic rings. The first-order chi connectivity index (χ1) is 13.2. The molecule has 0 unspecified atom stereocenters. The number of anilines is 1. The Morgan fingerprint density at radius 3 is 2.37 bits per heavy atom. The summed E-state index contributed by atoms with van der Waals surface area (Å²) in [7, 11) is 0. The van der Waals surface area contributed by atoms with E-state index >= 15 is 0 Å². The lowest BCUT2D eigenvalue weighted by molar-refractivity contribution is 0.101. The first-order valence-electron chi connectivity index (χ1n) is 8.52. The number of pyridine rings is 1. The van der Waals surface area contributed by atoms with Gasteiger partial charge in [-0.05, 0) is 31.2 Å². The molecule has 0 atom stereocenters. The van der Waals surface area contributed by atoms with Crippen LogP contribution < -0.4 is 5.32 Å². The van der Waals surface area contributed by atoms with Crippen molar-refractivity contribution in [2.45, 2.75) is 6.92 Å². The highest BCUT2D eigenvalue weighted by Crippen LogP contribution is 2.21. The standard InChI is InChI=1S/C21H17N5O/c1-15-14-17(12-13-22-15)23-21(27)19-24-20(16-8-4-2-5-9-16)26(25-19)18-10-6-3-7-11-18/h2-14H,1H3,(H,22,23,27). The van der Waals surface area contributed by atoms with Crippen molar-refractivity contribution < 1.29 is 4.79 Å². The van der Waals surface area contributed by atoms with Crippen LogP contribution in [0.4, 0.5) is 5.69 Å². The molecule has 2 aromatic carbocycles. The van der Waals surface area contributed by atoms with E-state index in [1.54, 1.807) is 23.0 Å². The van der Waals surface area contributed by atoms with Gasteiger partial charge in [-0.15, -0.1) is 5.10 Å². The van der Waals surface area contributed by atoms with Crippen LogP contribution in [0, 0.1) is 6.92 Å². The van der Waals surface area contributed by atoms with Gasteiger partial charge in [0.2, 0.25) is 5.82 Å². The summed E-state index contributed by atoms with van der Waals surface area (Å²) in [4.78, 5) is 21.3. The fourth-order valence-corrected chi connectivity index (χ4v) is 2.74. The summed E-state index contributed by atoms with van der Waals surface area (Å²) in [5.74, 6) is 0.345. The van der Waals surface area contributed by atoms with Crippen molar-refractivity contribution >= 4 is 11.6 Å². The number of carbonyl (C=O) groups is 1. The van der Waals surface area contributed by atoms with E-state index in [9.17, 15) is 4.79 Å². The van der Waals surface area contributed by atoms with E-state index < -0.39 is 0 Å². The minimum Gasteiger partial charge on any atom is -0.319 e. The number of nitrogens with zero attached hydrogens (tertiary/aromatic N) is 4. The predicted molar refractivity (Wildman–Crippen MR) is 104 cm³/mol. The van der Waals surface area contributed by atoms with Crippen molar-refractivity contribution in [1.82, 2.24) is 19.7 Å². The normalized spacial score (nSPS) is 10.6. The number of aromatic nitrogens is 4. The Labute approximate surface area is 156 Å². The van der Waals surface area contributed by atoms with Gasteiger partial charge in [-0.3, -0.25) is 9.78 Å². The third-order valence-corrected chi connectivity index (χ3v) is 4.00. The zero-order valence-corrected chi connectivity index (χ0v) is 14.7. The Morgan fingerprint density at radius 2 is 1.67 bits per heavy atom. The van der Waals surface area contributed by atoms with Crippen molar-refractivity contribution in [3.63, 3.8) is 0 Å².